The molecule has 100 valence electrons. The third kappa shape index (κ3) is 2.91. The van der Waals surface area contributed by atoms with Gasteiger partial charge in [0.1, 0.15) is 5.02 Å². The van der Waals surface area contributed by atoms with Gasteiger partial charge in [0.25, 0.3) is 0 Å². The molecule has 0 amide bonds. The summed E-state index contributed by atoms with van der Waals surface area (Å²) in [6, 6.07) is 5.16. The van der Waals surface area contributed by atoms with Gasteiger partial charge >= 0.3 is 0 Å². The molecule has 0 atom stereocenters. The summed E-state index contributed by atoms with van der Waals surface area (Å²) in [6.07, 6.45) is -0.199. The Morgan fingerprint density at radius 2 is 2.00 bits per heavy atom. The smallest absolute Gasteiger partial charge is 0.232 e. The third-order valence-corrected chi connectivity index (χ3v) is 3.26. The molecule has 0 saturated heterocycles. The summed E-state index contributed by atoms with van der Waals surface area (Å²) in [4.78, 5) is 15.6. The molecule has 0 radical (unpaired) electrons. The molecule has 1 aromatic carbocycles. The Labute approximate surface area is 120 Å². The number of carbonyl (C=O) groups excluding carboxylic acids is 1. The van der Waals surface area contributed by atoms with Gasteiger partial charge in [-0.05, 0) is 12.1 Å². The Morgan fingerprint density at radius 1 is 1.32 bits per heavy atom. The van der Waals surface area contributed by atoms with Crippen molar-refractivity contribution in [1.29, 1.82) is 0 Å². The van der Waals surface area contributed by atoms with Gasteiger partial charge in [-0.1, -0.05) is 23.2 Å². The van der Waals surface area contributed by atoms with Crippen LogP contribution in [0, 0.1) is 0 Å². The number of nitrogens with one attached hydrogen (secondary N) is 1. The fraction of sp³-hybridized carbons (Fsp3) is 0.231. The number of carboxylic acids is 1. The standard InChI is InChI=1S/C13H12Cl2N2O2/c1-17(2)11-5-8(6-12(18)19)16-13-9(11)3-7(14)4-10(13)15/h3-5H,6H2,1-2H3,(H,18,19). The number of benzene rings is 1. The van der Waals surface area contributed by atoms with Crippen molar-refractivity contribution < 1.29 is 14.9 Å². The number of carbonyl (C=O) groups is 1. The van der Waals surface area contributed by atoms with E-state index >= 15 is 0 Å². The van der Waals surface area contributed by atoms with Crippen LogP contribution in [-0.2, 0) is 11.2 Å². The number of nitrogens with zero attached hydrogens (tertiary/aromatic N) is 1. The fourth-order valence-electron chi connectivity index (χ4n) is 1.96. The Balaban J connectivity index is 2.75. The number of rotatable bonds is 3. The van der Waals surface area contributed by atoms with E-state index < -0.39 is 5.97 Å². The predicted octanol–water partition coefficient (Wildman–Crippen LogP) is 1.32. The zero-order valence-corrected chi connectivity index (χ0v) is 12.0. The van der Waals surface area contributed by atoms with E-state index in [1.165, 1.54) is 0 Å². The largest absolute Gasteiger partial charge is 0.550 e. The van der Waals surface area contributed by atoms with Gasteiger partial charge in [-0.2, -0.15) is 0 Å². The number of aliphatic carboxylic acids is 1. The van der Waals surface area contributed by atoms with E-state index in [0.717, 1.165) is 11.1 Å². The average Bonchev–Trinajstić information content (AvgIpc) is 2.28. The lowest BCUT2D eigenvalue weighted by Crippen LogP contribution is -2.28. The summed E-state index contributed by atoms with van der Waals surface area (Å²) in [5.74, 6) is -1.15. The number of pyridine rings is 1. The van der Waals surface area contributed by atoms with Crippen LogP contribution < -0.4 is 15.0 Å². The molecule has 2 aromatic rings. The first-order chi connectivity index (χ1) is 8.88. The van der Waals surface area contributed by atoms with Crippen LogP contribution in [0.15, 0.2) is 18.2 Å². The lowest BCUT2D eigenvalue weighted by atomic mass is 10.1. The number of aromatic amines is 1. The Morgan fingerprint density at radius 3 is 2.58 bits per heavy atom. The molecular weight excluding hydrogens is 287 g/mol. The second kappa shape index (κ2) is 5.23. The number of fused-ring (bicyclic) bond motifs is 1. The van der Waals surface area contributed by atoms with Crippen molar-refractivity contribution >= 4 is 45.8 Å². The molecule has 1 heterocycles. The number of carboxylic acid groups (broad SMARTS) is 1. The maximum atomic E-state index is 10.7. The van der Waals surface area contributed by atoms with Gasteiger partial charge in [0.15, 0.2) is 5.69 Å². The quantitative estimate of drug-likeness (QED) is 0.859. The highest BCUT2D eigenvalue weighted by molar-refractivity contribution is 6.38. The molecule has 2 rings (SSSR count). The zero-order valence-electron chi connectivity index (χ0n) is 10.5. The van der Waals surface area contributed by atoms with E-state index in [1.807, 2.05) is 19.0 Å². The second-order valence-electron chi connectivity index (χ2n) is 4.43. The highest BCUT2D eigenvalue weighted by Gasteiger charge is 2.17. The van der Waals surface area contributed by atoms with E-state index in [9.17, 15) is 9.90 Å². The van der Waals surface area contributed by atoms with Gasteiger partial charge in [0, 0.05) is 25.2 Å². The molecule has 0 fully saturated rings. The highest BCUT2D eigenvalue weighted by atomic mass is 35.5. The second-order valence-corrected chi connectivity index (χ2v) is 5.28. The zero-order chi connectivity index (χ0) is 14.2. The summed E-state index contributed by atoms with van der Waals surface area (Å²) in [5, 5.41) is 12.5. The Bertz CT molecular complexity index is 657. The lowest BCUT2D eigenvalue weighted by molar-refractivity contribution is -0.361. The molecule has 0 unspecified atom stereocenters. The fourth-order valence-corrected chi connectivity index (χ4v) is 2.50. The Kier molecular flexibility index (Phi) is 3.83. The van der Waals surface area contributed by atoms with E-state index in [0.29, 0.717) is 21.3 Å². The van der Waals surface area contributed by atoms with E-state index in [1.54, 1.807) is 18.2 Å². The number of anilines is 1. The third-order valence-electron chi connectivity index (χ3n) is 2.74. The van der Waals surface area contributed by atoms with Gasteiger partial charge in [-0.3, -0.25) is 0 Å². The van der Waals surface area contributed by atoms with Crippen molar-refractivity contribution in [3.63, 3.8) is 0 Å². The molecule has 1 aromatic heterocycles. The van der Waals surface area contributed by atoms with Crippen molar-refractivity contribution in [2.24, 2.45) is 0 Å². The first kappa shape index (κ1) is 13.9. The molecule has 0 aliphatic carbocycles. The van der Waals surface area contributed by atoms with Crippen LogP contribution in [0.3, 0.4) is 0 Å². The molecule has 4 nitrogen and oxygen atoms in total. The maximum absolute atomic E-state index is 10.7. The van der Waals surface area contributed by atoms with Gasteiger partial charge in [0.2, 0.25) is 5.52 Å². The van der Waals surface area contributed by atoms with E-state index in [4.69, 9.17) is 23.2 Å². The molecule has 0 aliphatic heterocycles. The SMILES string of the molecule is CN(C)c1cc(CC(=O)[O-])[nH+]c2c(Cl)cc(Cl)cc12. The molecule has 0 aliphatic rings. The molecule has 0 spiro atoms. The number of H-pyrrole nitrogens is 1. The number of hydrogen-bond donors (Lipinski definition) is 0. The predicted molar refractivity (Wildman–Crippen MR) is 73.6 cm³/mol. The van der Waals surface area contributed by atoms with Crippen LogP contribution in [0.5, 0.6) is 0 Å². The van der Waals surface area contributed by atoms with Gasteiger partial charge in [-0.15, -0.1) is 0 Å². The van der Waals surface area contributed by atoms with Gasteiger partial charge in [-0.25, -0.2) is 4.98 Å². The van der Waals surface area contributed by atoms with Crippen molar-refractivity contribution in [2.45, 2.75) is 6.42 Å². The lowest BCUT2D eigenvalue weighted by Gasteiger charge is -2.15. The van der Waals surface area contributed by atoms with E-state index in [2.05, 4.69) is 4.98 Å². The minimum atomic E-state index is -1.15. The molecular formula is C13H12Cl2N2O2. The van der Waals surface area contributed by atoms with Crippen LogP contribution >= 0.6 is 23.2 Å². The summed E-state index contributed by atoms with van der Waals surface area (Å²) in [7, 11) is 3.73. The average molecular weight is 299 g/mol. The molecule has 19 heavy (non-hydrogen) atoms. The minimum Gasteiger partial charge on any atom is -0.550 e. The van der Waals surface area contributed by atoms with Crippen molar-refractivity contribution in [1.82, 2.24) is 0 Å². The Hall–Kier alpha value is -1.52. The van der Waals surface area contributed by atoms with Crippen LogP contribution in [0.4, 0.5) is 5.69 Å². The molecule has 6 heteroatoms. The van der Waals surface area contributed by atoms with Crippen molar-refractivity contribution in [2.75, 3.05) is 19.0 Å². The monoisotopic (exact) mass is 298 g/mol. The van der Waals surface area contributed by atoms with Crippen LogP contribution in [0.1, 0.15) is 5.69 Å². The number of aromatic nitrogens is 1. The topological polar surface area (TPSA) is 57.5 Å². The molecule has 1 N–H and O–H groups in total. The highest BCUT2D eigenvalue weighted by Crippen LogP contribution is 2.31. The number of halogens is 2. The van der Waals surface area contributed by atoms with Crippen LogP contribution in [-0.4, -0.2) is 20.1 Å². The molecule has 0 bridgehead atoms. The van der Waals surface area contributed by atoms with Crippen molar-refractivity contribution in [3.8, 4) is 0 Å². The van der Waals surface area contributed by atoms with Crippen LogP contribution in [0.25, 0.3) is 10.9 Å². The van der Waals surface area contributed by atoms with Crippen LogP contribution in [0.2, 0.25) is 10.0 Å². The number of hydrogen-bond acceptors (Lipinski definition) is 3. The summed E-state index contributed by atoms with van der Waals surface area (Å²) in [5.41, 5.74) is 2.03. The normalized spacial score (nSPS) is 10.7. The van der Waals surface area contributed by atoms with Crippen molar-refractivity contribution in [3.05, 3.63) is 33.9 Å². The van der Waals surface area contributed by atoms with E-state index in [-0.39, 0.29) is 6.42 Å². The van der Waals surface area contributed by atoms with Gasteiger partial charge < -0.3 is 14.8 Å². The van der Waals surface area contributed by atoms with Gasteiger partial charge in [0.05, 0.1) is 23.5 Å². The minimum absolute atomic E-state index is 0.199. The summed E-state index contributed by atoms with van der Waals surface area (Å²) in [6.45, 7) is 0. The first-order valence-corrected chi connectivity index (χ1v) is 6.35. The summed E-state index contributed by atoms with van der Waals surface area (Å²) < 4.78 is 0. The summed E-state index contributed by atoms with van der Waals surface area (Å²) >= 11 is 12.2. The first-order valence-electron chi connectivity index (χ1n) is 5.59. The maximum Gasteiger partial charge on any atom is 0.232 e. The molecule has 0 saturated carbocycles.